The van der Waals surface area contributed by atoms with Crippen LogP contribution < -0.4 is 10.5 Å². The number of benzene rings is 1. The van der Waals surface area contributed by atoms with Crippen molar-refractivity contribution in [1.29, 1.82) is 0 Å². The fraction of sp³-hybridized carbons (Fsp3) is 0.111. The van der Waals surface area contributed by atoms with Crippen LogP contribution in [0.5, 0.6) is 0 Å². The van der Waals surface area contributed by atoms with Gasteiger partial charge in [0.15, 0.2) is 6.29 Å². The summed E-state index contributed by atoms with van der Waals surface area (Å²) in [7, 11) is 0. The Morgan fingerprint density at radius 3 is 2.77 bits per heavy atom. The van der Waals surface area contributed by atoms with E-state index in [0.717, 1.165) is 12.0 Å². The highest BCUT2D eigenvalue weighted by Crippen LogP contribution is 2.12. The van der Waals surface area contributed by atoms with Crippen LogP contribution >= 0.6 is 0 Å². The van der Waals surface area contributed by atoms with Crippen LogP contribution in [0.4, 0.5) is 5.69 Å². The Morgan fingerprint density at radius 1 is 1.38 bits per heavy atom. The number of hydrazine groups is 1. The number of carbonyl (C=O) groups excluding carboxylic acids is 1. The summed E-state index contributed by atoms with van der Waals surface area (Å²) in [5.41, 5.74) is 4.42. The van der Waals surface area contributed by atoms with Gasteiger partial charge < -0.3 is 0 Å². The van der Waals surface area contributed by atoms with Gasteiger partial charge in [-0.25, -0.2) is 5.43 Å². The van der Waals surface area contributed by atoms with Gasteiger partial charge in [0, 0.05) is 0 Å². The molecule has 1 N–H and O–H groups in total. The van der Waals surface area contributed by atoms with Crippen LogP contribution in [0.25, 0.3) is 0 Å². The Labute approximate surface area is 75.8 Å². The van der Waals surface area contributed by atoms with E-state index >= 15 is 0 Å². The SMILES string of the molecule is O=CC1=NN(c2ccccc2)NC1. The first kappa shape index (κ1) is 7.94. The lowest BCUT2D eigenvalue weighted by Crippen LogP contribution is -2.28. The number of anilines is 1. The summed E-state index contributed by atoms with van der Waals surface area (Å²) >= 11 is 0. The largest absolute Gasteiger partial charge is 0.296 e. The standard InChI is InChI=1S/C9H9N3O/c13-7-8-6-10-12(11-8)9-4-2-1-3-5-9/h1-5,7,10H,6H2. The van der Waals surface area contributed by atoms with E-state index in [1.165, 1.54) is 0 Å². The second-order valence-corrected chi connectivity index (χ2v) is 2.69. The summed E-state index contributed by atoms with van der Waals surface area (Å²) < 4.78 is 0. The van der Waals surface area contributed by atoms with Crippen LogP contribution in [0.15, 0.2) is 35.4 Å². The molecule has 1 aliphatic rings. The van der Waals surface area contributed by atoms with Gasteiger partial charge in [-0.1, -0.05) is 18.2 Å². The third-order valence-electron chi connectivity index (χ3n) is 1.78. The summed E-state index contributed by atoms with van der Waals surface area (Å²) in [5, 5.41) is 5.65. The zero-order chi connectivity index (χ0) is 9.10. The van der Waals surface area contributed by atoms with E-state index in [1.54, 1.807) is 5.12 Å². The molecule has 1 heterocycles. The van der Waals surface area contributed by atoms with E-state index in [0.29, 0.717) is 12.3 Å². The number of para-hydroxylation sites is 1. The van der Waals surface area contributed by atoms with Crippen LogP contribution in [-0.4, -0.2) is 18.5 Å². The van der Waals surface area contributed by atoms with Crippen molar-refractivity contribution in [1.82, 2.24) is 5.43 Å². The summed E-state index contributed by atoms with van der Waals surface area (Å²) in [4.78, 5) is 10.4. The van der Waals surface area contributed by atoms with Crippen LogP contribution in [-0.2, 0) is 4.79 Å². The molecule has 2 rings (SSSR count). The fourth-order valence-electron chi connectivity index (χ4n) is 1.14. The molecular weight excluding hydrogens is 166 g/mol. The lowest BCUT2D eigenvalue weighted by molar-refractivity contribution is -0.102. The smallest absolute Gasteiger partial charge is 0.167 e. The molecule has 4 nitrogen and oxygen atoms in total. The normalized spacial score (nSPS) is 15.7. The molecular formula is C9H9N3O. The Hall–Kier alpha value is -1.68. The molecule has 0 aromatic heterocycles. The van der Waals surface area contributed by atoms with Gasteiger partial charge in [0.05, 0.1) is 12.2 Å². The molecule has 0 bridgehead atoms. The second kappa shape index (κ2) is 3.37. The number of carbonyl (C=O) groups is 1. The summed E-state index contributed by atoms with van der Waals surface area (Å²) in [5.74, 6) is 0. The van der Waals surface area contributed by atoms with Gasteiger partial charge in [0.1, 0.15) is 5.71 Å². The number of nitrogens with zero attached hydrogens (tertiary/aromatic N) is 2. The van der Waals surface area contributed by atoms with Gasteiger partial charge >= 0.3 is 0 Å². The van der Waals surface area contributed by atoms with Crippen molar-refractivity contribution in [3.05, 3.63) is 30.3 Å². The van der Waals surface area contributed by atoms with Crippen molar-refractivity contribution in [2.45, 2.75) is 0 Å². The number of nitrogens with one attached hydrogen (secondary N) is 1. The van der Waals surface area contributed by atoms with E-state index in [9.17, 15) is 4.79 Å². The number of rotatable bonds is 2. The van der Waals surface area contributed by atoms with Crippen molar-refractivity contribution in [2.75, 3.05) is 11.7 Å². The first-order valence-corrected chi connectivity index (χ1v) is 4.01. The Morgan fingerprint density at radius 2 is 2.15 bits per heavy atom. The molecule has 0 aliphatic carbocycles. The summed E-state index contributed by atoms with van der Waals surface area (Å²) in [6.45, 7) is 0.498. The van der Waals surface area contributed by atoms with Crippen LogP contribution in [0.3, 0.4) is 0 Å². The summed E-state index contributed by atoms with van der Waals surface area (Å²) in [6, 6.07) is 9.62. The van der Waals surface area contributed by atoms with Gasteiger partial charge in [0.25, 0.3) is 0 Å². The molecule has 0 radical (unpaired) electrons. The molecule has 0 spiro atoms. The van der Waals surface area contributed by atoms with Crippen molar-refractivity contribution < 1.29 is 4.79 Å². The van der Waals surface area contributed by atoms with Crippen LogP contribution in [0, 0.1) is 0 Å². The predicted molar refractivity (Wildman–Crippen MR) is 50.4 cm³/mol. The van der Waals surface area contributed by atoms with Crippen molar-refractivity contribution in [3.8, 4) is 0 Å². The maximum absolute atomic E-state index is 10.4. The van der Waals surface area contributed by atoms with E-state index < -0.39 is 0 Å². The third-order valence-corrected chi connectivity index (χ3v) is 1.78. The number of aldehydes is 1. The van der Waals surface area contributed by atoms with E-state index in [1.807, 2.05) is 30.3 Å². The molecule has 0 saturated heterocycles. The first-order chi connectivity index (χ1) is 6.40. The van der Waals surface area contributed by atoms with E-state index in [4.69, 9.17) is 0 Å². The third kappa shape index (κ3) is 1.57. The molecule has 0 amide bonds. The van der Waals surface area contributed by atoms with E-state index in [2.05, 4.69) is 10.5 Å². The van der Waals surface area contributed by atoms with E-state index in [-0.39, 0.29) is 0 Å². The minimum Gasteiger partial charge on any atom is -0.296 e. The zero-order valence-electron chi connectivity index (χ0n) is 6.97. The lowest BCUT2D eigenvalue weighted by Gasteiger charge is -2.12. The van der Waals surface area contributed by atoms with Gasteiger partial charge in [-0.2, -0.15) is 10.2 Å². The monoisotopic (exact) mass is 175 g/mol. The van der Waals surface area contributed by atoms with Crippen molar-refractivity contribution in [3.63, 3.8) is 0 Å². The van der Waals surface area contributed by atoms with Crippen LogP contribution in [0.2, 0.25) is 0 Å². The Balaban J connectivity index is 2.21. The summed E-state index contributed by atoms with van der Waals surface area (Å²) in [6.07, 6.45) is 0.760. The number of hydrazone groups is 1. The highest BCUT2D eigenvalue weighted by molar-refractivity contribution is 6.30. The molecule has 1 aromatic carbocycles. The second-order valence-electron chi connectivity index (χ2n) is 2.69. The minimum atomic E-state index is 0.498. The highest BCUT2D eigenvalue weighted by Gasteiger charge is 2.13. The molecule has 1 aromatic rings. The first-order valence-electron chi connectivity index (χ1n) is 4.01. The van der Waals surface area contributed by atoms with Crippen molar-refractivity contribution in [2.24, 2.45) is 5.10 Å². The molecule has 0 unspecified atom stereocenters. The maximum atomic E-state index is 10.4. The average molecular weight is 175 g/mol. The van der Waals surface area contributed by atoms with Gasteiger partial charge in [-0.3, -0.25) is 4.79 Å². The quantitative estimate of drug-likeness (QED) is 0.668. The molecule has 66 valence electrons. The molecule has 4 heteroatoms. The number of hydrogen-bond acceptors (Lipinski definition) is 4. The van der Waals surface area contributed by atoms with Gasteiger partial charge in [-0.05, 0) is 12.1 Å². The topological polar surface area (TPSA) is 44.7 Å². The lowest BCUT2D eigenvalue weighted by atomic mass is 10.3. The minimum absolute atomic E-state index is 0.498. The Bertz CT molecular complexity index is 334. The Kier molecular flexibility index (Phi) is 2.06. The maximum Gasteiger partial charge on any atom is 0.167 e. The molecule has 0 saturated carbocycles. The predicted octanol–water partition coefficient (Wildman–Crippen LogP) is 0.566. The highest BCUT2D eigenvalue weighted by atomic mass is 16.1. The van der Waals surface area contributed by atoms with Crippen molar-refractivity contribution >= 4 is 17.7 Å². The van der Waals surface area contributed by atoms with Crippen LogP contribution in [0.1, 0.15) is 0 Å². The average Bonchev–Trinajstić information content (AvgIpc) is 2.67. The number of hydrogen-bond donors (Lipinski definition) is 1. The fourth-order valence-corrected chi connectivity index (χ4v) is 1.14. The zero-order valence-corrected chi connectivity index (χ0v) is 6.97. The molecule has 0 atom stereocenters. The van der Waals surface area contributed by atoms with Gasteiger partial charge in [0.2, 0.25) is 0 Å². The molecule has 0 fully saturated rings. The molecule has 13 heavy (non-hydrogen) atoms. The molecule has 1 aliphatic heterocycles. The van der Waals surface area contributed by atoms with Gasteiger partial charge in [-0.15, -0.1) is 0 Å².